The van der Waals surface area contributed by atoms with Crippen molar-refractivity contribution in [1.29, 1.82) is 0 Å². The van der Waals surface area contributed by atoms with Crippen LogP contribution in [0.4, 0.5) is 10.1 Å². The van der Waals surface area contributed by atoms with Crippen LogP contribution in [0.3, 0.4) is 0 Å². The summed E-state index contributed by atoms with van der Waals surface area (Å²) in [4.78, 5) is 26.7. The Morgan fingerprint density at radius 1 is 1.30 bits per heavy atom. The number of methoxy groups -OCH3 is 1. The van der Waals surface area contributed by atoms with Gasteiger partial charge in [-0.2, -0.15) is 0 Å². The van der Waals surface area contributed by atoms with Crippen molar-refractivity contribution in [2.45, 2.75) is 6.54 Å². The summed E-state index contributed by atoms with van der Waals surface area (Å²) < 4.78 is 19.6. The molecule has 1 amide bonds. The highest BCUT2D eigenvalue weighted by molar-refractivity contribution is 5.93. The molecular weight excluding hydrogens is 301 g/mol. The molecule has 0 aliphatic heterocycles. The number of fused-ring (bicyclic) bond motifs is 1. The van der Waals surface area contributed by atoms with Crippen LogP contribution in [0.2, 0.25) is 0 Å². The van der Waals surface area contributed by atoms with Crippen LogP contribution in [-0.4, -0.2) is 22.6 Å². The fraction of sp³-hybridized carbons (Fsp3) is 0.125. The van der Waals surface area contributed by atoms with Gasteiger partial charge in [-0.3, -0.25) is 9.36 Å². The Morgan fingerprint density at radius 2 is 2.09 bits per heavy atom. The highest BCUT2D eigenvalue weighted by atomic mass is 19.1. The van der Waals surface area contributed by atoms with E-state index in [-0.39, 0.29) is 12.5 Å². The van der Waals surface area contributed by atoms with Crippen molar-refractivity contribution in [2.24, 2.45) is 0 Å². The van der Waals surface area contributed by atoms with E-state index in [1.54, 1.807) is 24.3 Å². The second kappa shape index (κ2) is 5.96. The Morgan fingerprint density at radius 3 is 2.87 bits per heavy atom. The van der Waals surface area contributed by atoms with Gasteiger partial charge in [0.05, 0.1) is 23.8 Å². The smallest absolute Gasteiger partial charge is 0.326 e. The minimum absolute atomic E-state index is 0.192. The van der Waals surface area contributed by atoms with E-state index in [0.29, 0.717) is 22.5 Å². The monoisotopic (exact) mass is 315 g/mol. The van der Waals surface area contributed by atoms with E-state index in [9.17, 15) is 14.0 Å². The van der Waals surface area contributed by atoms with Gasteiger partial charge in [0.1, 0.15) is 18.1 Å². The molecule has 23 heavy (non-hydrogen) atoms. The summed E-state index contributed by atoms with van der Waals surface area (Å²) in [5, 5.41) is 2.69. The molecule has 0 unspecified atom stereocenters. The first-order valence-corrected chi connectivity index (χ1v) is 6.89. The number of nitrogens with zero attached hydrogens (tertiary/aromatic N) is 1. The predicted molar refractivity (Wildman–Crippen MR) is 84.1 cm³/mol. The quantitative estimate of drug-likeness (QED) is 0.774. The van der Waals surface area contributed by atoms with Crippen LogP contribution < -0.4 is 15.7 Å². The normalized spacial score (nSPS) is 10.7. The van der Waals surface area contributed by atoms with Crippen LogP contribution in [0.15, 0.2) is 47.3 Å². The van der Waals surface area contributed by atoms with Crippen molar-refractivity contribution in [2.75, 3.05) is 12.4 Å². The fourth-order valence-corrected chi connectivity index (χ4v) is 2.37. The summed E-state index contributed by atoms with van der Waals surface area (Å²) in [5.74, 6) is -0.319. The number of aromatic amines is 1. The van der Waals surface area contributed by atoms with Gasteiger partial charge < -0.3 is 15.0 Å². The van der Waals surface area contributed by atoms with Gasteiger partial charge >= 0.3 is 5.69 Å². The molecule has 1 heterocycles. The maximum Gasteiger partial charge on any atom is 0.326 e. The lowest BCUT2D eigenvalue weighted by Crippen LogP contribution is -2.26. The molecule has 3 aromatic rings. The van der Waals surface area contributed by atoms with E-state index < -0.39 is 11.5 Å². The van der Waals surface area contributed by atoms with Crippen molar-refractivity contribution in [3.8, 4) is 5.75 Å². The zero-order valence-corrected chi connectivity index (χ0v) is 12.3. The summed E-state index contributed by atoms with van der Waals surface area (Å²) in [6.07, 6.45) is 0. The van der Waals surface area contributed by atoms with Crippen molar-refractivity contribution < 1.29 is 13.9 Å². The average Bonchev–Trinajstić information content (AvgIpc) is 2.82. The van der Waals surface area contributed by atoms with E-state index in [2.05, 4.69) is 10.3 Å². The third kappa shape index (κ3) is 2.94. The number of aromatic nitrogens is 2. The molecule has 3 rings (SSSR count). The summed E-state index contributed by atoms with van der Waals surface area (Å²) in [6, 6.07) is 10.9. The van der Waals surface area contributed by atoms with E-state index >= 15 is 0 Å². The molecule has 0 bridgehead atoms. The van der Waals surface area contributed by atoms with Crippen molar-refractivity contribution in [1.82, 2.24) is 9.55 Å². The van der Waals surface area contributed by atoms with Gasteiger partial charge in [0, 0.05) is 0 Å². The highest BCUT2D eigenvalue weighted by Crippen LogP contribution is 2.23. The Bertz CT molecular complexity index is 930. The van der Waals surface area contributed by atoms with Crippen LogP contribution in [0.25, 0.3) is 11.0 Å². The summed E-state index contributed by atoms with van der Waals surface area (Å²) in [7, 11) is 1.50. The van der Waals surface area contributed by atoms with E-state index in [1.807, 2.05) is 0 Å². The molecule has 0 fully saturated rings. The van der Waals surface area contributed by atoms with E-state index in [1.165, 1.54) is 29.9 Å². The van der Waals surface area contributed by atoms with Gasteiger partial charge in [-0.05, 0) is 30.3 Å². The van der Waals surface area contributed by atoms with Gasteiger partial charge in [0.25, 0.3) is 0 Å². The molecule has 0 aliphatic carbocycles. The fourth-order valence-electron chi connectivity index (χ4n) is 2.37. The van der Waals surface area contributed by atoms with Gasteiger partial charge in [-0.1, -0.05) is 12.1 Å². The van der Waals surface area contributed by atoms with Crippen LogP contribution in [-0.2, 0) is 11.3 Å². The third-order valence-corrected chi connectivity index (χ3v) is 3.42. The van der Waals surface area contributed by atoms with E-state index in [0.717, 1.165) is 0 Å². The first-order valence-electron chi connectivity index (χ1n) is 6.89. The van der Waals surface area contributed by atoms with Gasteiger partial charge in [-0.15, -0.1) is 0 Å². The highest BCUT2D eigenvalue weighted by Gasteiger charge is 2.12. The number of hydrogen-bond acceptors (Lipinski definition) is 3. The predicted octanol–water partition coefficient (Wildman–Crippen LogP) is 2.12. The number of anilines is 1. The lowest BCUT2D eigenvalue weighted by Gasteiger charge is -2.10. The first-order chi connectivity index (χ1) is 11.1. The molecule has 0 radical (unpaired) electrons. The number of imidazole rings is 1. The maximum absolute atomic E-state index is 13.2. The number of H-pyrrole nitrogens is 1. The largest absolute Gasteiger partial charge is 0.495 e. The lowest BCUT2D eigenvalue weighted by molar-refractivity contribution is -0.116. The molecule has 0 saturated heterocycles. The number of hydrogen-bond donors (Lipinski definition) is 2. The number of ether oxygens (including phenoxy) is 1. The number of rotatable bonds is 4. The molecule has 6 nitrogen and oxygen atoms in total. The number of amides is 1. The Kier molecular flexibility index (Phi) is 3.84. The SMILES string of the molecule is COc1ccccc1NC(=O)Cn1c(=O)[nH]c2cc(F)ccc21. The number of carbonyl (C=O) groups is 1. The molecule has 118 valence electrons. The number of para-hydroxylation sites is 2. The summed E-state index contributed by atoms with van der Waals surface area (Å²) in [5.41, 5.74) is 0.853. The molecule has 2 aromatic carbocycles. The Hall–Kier alpha value is -3.09. The van der Waals surface area contributed by atoms with Crippen LogP contribution in [0.5, 0.6) is 5.75 Å². The zero-order valence-electron chi connectivity index (χ0n) is 12.3. The van der Waals surface area contributed by atoms with Crippen molar-refractivity contribution in [3.05, 3.63) is 58.8 Å². The Labute approximate surface area is 130 Å². The van der Waals surface area contributed by atoms with Gasteiger partial charge in [0.2, 0.25) is 5.91 Å². The number of halogens is 1. The number of nitrogens with one attached hydrogen (secondary N) is 2. The van der Waals surface area contributed by atoms with E-state index in [4.69, 9.17) is 4.74 Å². The molecule has 0 saturated carbocycles. The molecule has 7 heteroatoms. The second-order valence-corrected chi connectivity index (χ2v) is 4.93. The molecule has 0 aliphatic rings. The van der Waals surface area contributed by atoms with Gasteiger partial charge in [0.15, 0.2) is 0 Å². The van der Waals surface area contributed by atoms with Gasteiger partial charge in [-0.25, -0.2) is 9.18 Å². The number of benzene rings is 2. The Balaban J connectivity index is 1.86. The first kappa shape index (κ1) is 14.8. The standard InChI is InChI=1S/C16H14FN3O3/c1-23-14-5-3-2-4-11(14)18-15(21)9-20-13-7-6-10(17)8-12(13)19-16(20)22/h2-8H,9H2,1H3,(H,18,21)(H,19,22). The minimum atomic E-state index is -0.472. The molecule has 0 spiro atoms. The van der Waals surface area contributed by atoms with Crippen LogP contribution in [0, 0.1) is 5.82 Å². The minimum Gasteiger partial charge on any atom is -0.495 e. The molecule has 1 aromatic heterocycles. The summed E-state index contributed by atoms with van der Waals surface area (Å²) >= 11 is 0. The lowest BCUT2D eigenvalue weighted by atomic mass is 10.3. The second-order valence-electron chi connectivity index (χ2n) is 4.93. The van der Waals surface area contributed by atoms with Crippen molar-refractivity contribution >= 4 is 22.6 Å². The molecule has 0 atom stereocenters. The summed E-state index contributed by atoms with van der Waals surface area (Å²) in [6.45, 7) is -0.192. The maximum atomic E-state index is 13.2. The topological polar surface area (TPSA) is 76.1 Å². The number of carbonyl (C=O) groups excluding carboxylic acids is 1. The zero-order chi connectivity index (χ0) is 16.4. The third-order valence-electron chi connectivity index (χ3n) is 3.42. The molecular formula is C16H14FN3O3. The van der Waals surface area contributed by atoms with Crippen LogP contribution >= 0.6 is 0 Å². The molecule has 2 N–H and O–H groups in total. The van der Waals surface area contributed by atoms with Crippen molar-refractivity contribution in [3.63, 3.8) is 0 Å². The van der Waals surface area contributed by atoms with Crippen LogP contribution in [0.1, 0.15) is 0 Å². The average molecular weight is 315 g/mol.